The van der Waals surface area contributed by atoms with Gasteiger partial charge in [-0.25, -0.2) is 0 Å². The Bertz CT molecular complexity index is 537. The minimum Gasteiger partial charge on any atom is -0.550 e. The number of carbonyl (C=O) groups excluding carboxylic acids is 2. The van der Waals surface area contributed by atoms with Crippen LogP contribution >= 0.6 is 0 Å². The summed E-state index contributed by atoms with van der Waals surface area (Å²) in [6.45, 7) is 7.09. The molecule has 6 nitrogen and oxygen atoms in total. The van der Waals surface area contributed by atoms with Crippen molar-refractivity contribution in [1.29, 1.82) is 0 Å². The normalized spacial score (nSPS) is 10.2. The molecule has 0 aliphatic carbocycles. The van der Waals surface area contributed by atoms with E-state index in [9.17, 15) is 19.8 Å². The van der Waals surface area contributed by atoms with Crippen LogP contribution in [0.25, 0.3) is 0 Å². The van der Waals surface area contributed by atoms with Crippen molar-refractivity contribution in [3.05, 3.63) is 6.92 Å². The van der Waals surface area contributed by atoms with Crippen LogP contribution in [0, 0.1) is 6.92 Å². The molecule has 0 bridgehead atoms. The predicted molar refractivity (Wildman–Crippen MR) is 188 cm³/mol. The fourth-order valence-electron chi connectivity index (χ4n) is 5.28. The summed E-state index contributed by atoms with van der Waals surface area (Å²) in [4.78, 5) is 29.3. The van der Waals surface area contributed by atoms with Gasteiger partial charge in [0.1, 0.15) is 0 Å². The van der Waals surface area contributed by atoms with Crippen molar-refractivity contribution in [1.82, 2.24) is 0 Å². The average Bonchev–Trinajstić information content (AvgIpc) is 2.97. The number of aliphatic carboxylic acids is 3. The molecule has 0 aromatic rings. The molecule has 0 aromatic carbocycles. The standard InChI is InChI=1S/2C18H36O2.C2H3O2.Ca/c2*1-2-3-4-5-6-7-8-9-10-11-12-13-14-15-16-17-18(19)20;1-2(3)4;/h2*2-17H2,1H3,(H,19,20);1H2,(H,3,4);/q;;;+2/p-2. The molecule has 0 unspecified atom stereocenters. The topological polar surface area (TPSA) is 118 Å². The van der Waals surface area contributed by atoms with Crippen LogP contribution in [0.1, 0.15) is 219 Å². The first-order chi connectivity index (χ1) is 21.3. The van der Waals surface area contributed by atoms with E-state index in [0.717, 1.165) is 25.7 Å². The van der Waals surface area contributed by atoms with Gasteiger partial charge in [-0.3, -0.25) is 4.79 Å². The maximum absolute atomic E-state index is 10.2. The summed E-state index contributed by atoms with van der Waals surface area (Å²) in [5.41, 5.74) is 0. The maximum Gasteiger partial charge on any atom is 2.00 e. The Morgan fingerprint density at radius 2 is 0.533 bits per heavy atom. The molecule has 0 aliphatic heterocycles. The Kier molecular flexibility index (Phi) is 55.0. The van der Waals surface area contributed by atoms with Gasteiger partial charge < -0.3 is 24.9 Å². The summed E-state index contributed by atoms with van der Waals surface area (Å²) in [6, 6.07) is 0. The Morgan fingerprint density at radius 3 is 0.667 bits per heavy atom. The molecule has 0 saturated carbocycles. The van der Waals surface area contributed by atoms with Gasteiger partial charge in [0.25, 0.3) is 0 Å². The van der Waals surface area contributed by atoms with E-state index in [4.69, 9.17) is 9.90 Å². The summed E-state index contributed by atoms with van der Waals surface area (Å²) in [5, 5.41) is 27.7. The third kappa shape index (κ3) is 66.9. The Morgan fingerprint density at radius 1 is 0.400 bits per heavy atom. The van der Waals surface area contributed by atoms with Crippen LogP contribution in [0.4, 0.5) is 0 Å². The van der Waals surface area contributed by atoms with Crippen molar-refractivity contribution in [2.75, 3.05) is 0 Å². The summed E-state index contributed by atoms with van der Waals surface area (Å²) in [7, 11) is 0. The number of hydrogen-bond donors (Lipinski definition) is 1. The number of carboxylic acid groups (broad SMARTS) is 3. The molecule has 0 aliphatic rings. The van der Waals surface area contributed by atoms with Gasteiger partial charge in [-0.05, 0) is 25.7 Å². The zero-order valence-electron chi connectivity index (χ0n) is 30.0. The molecule has 0 heterocycles. The van der Waals surface area contributed by atoms with Crippen LogP contribution in [0.5, 0.6) is 0 Å². The van der Waals surface area contributed by atoms with Crippen molar-refractivity contribution in [2.45, 2.75) is 219 Å². The number of unbranched alkanes of at least 4 members (excludes halogenated alkanes) is 28. The van der Waals surface area contributed by atoms with E-state index in [2.05, 4.69) is 20.8 Å². The summed E-state index contributed by atoms with van der Waals surface area (Å²) < 4.78 is 0. The molecule has 45 heavy (non-hydrogen) atoms. The molecule has 263 valence electrons. The first kappa shape index (κ1) is 51.5. The van der Waals surface area contributed by atoms with E-state index in [-0.39, 0.29) is 50.6 Å². The molecule has 0 fully saturated rings. The predicted octanol–water partition coefficient (Wildman–Crippen LogP) is 9.52. The molecule has 1 N–H and O–H groups in total. The molecule has 0 atom stereocenters. The van der Waals surface area contributed by atoms with Crippen LogP contribution in [0.3, 0.4) is 0 Å². The molecule has 0 rings (SSSR count). The molecule has 1 radical (unpaired) electrons. The van der Waals surface area contributed by atoms with Gasteiger partial charge in [-0.2, -0.15) is 0 Å². The number of rotatable bonds is 32. The second-order valence-electron chi connectivity index (χ2n) is 12.5. The van der Waals surface area contributed by atoms with Gasteiger partial charge in [-0.15, -0.1) is 0 Å². The molecule has 0 saturated heterocycles. The van der Waals surface area contributed by atoms with Gasteiger partial charge >= 0.3 is 43.7 Å². The molecule has 7 heteroatoms. The van der Waals surface area contributed by atoms with Crippen LogP contribution in [0.2, 0.25) is 0 Å². The van der Waals surface area contributed by atoms with Crippen molar-refractivity contribution in [3.8, 4) is 0 Å². The number of carbonyl (C=O) groups is 3. The van der Waals surface area contributed by atoms with Gasteiger partial charge in [0, 0.05) is 11.9 Å². The minimum absolute atomic E-state index is 0. The van der Waals surface area contributed by atoms with E-state index < -0.39 is 17.9 Å². The largest absolute Gasteiger partial charge is 2.00 e. The van der Waals surface area contributed by atoms with Crippen molar-refractivity contribution >= 4 is 55.6 Å². The molecule has 0 aromatic heterocycles. The first-order valence-corrected chi connectivity index (χ1v) is 18.7. The molecule has 0 amide bonds. The van der Waals surface area contributed by atoms with E-state index in [1.165, 1.54) is 167 Å². The monoisotopic (exact) mass is 666 g/mol. The summed E-state index contributed by atoms with van der Waals surface area (Å²) >= 11 is 0. The molecular formula is C38H73CaO6. The van der Waals surface area contributed by atoms with E-state index >= 15 is 0 Å². The van der Waals surface area contributed by atoms with Crippen LogP contribution in [0.15, 0.2) is 0 Å². The van der Waals surface area contributed by atoms with Gasteiger partial charge in [0.2, 0.25) is 0 Å². The van der Waals surface area contributed by atoms with E-state index in [1.807, 2.05) is 0 Å². The van der Waals surface area contributed by atoms with Gasteiger partial charge in [0.05, 0.1) is 6.92 Å². The Balaban J connectivity index is -0.000000327. The quantitative estimate of drug-likeness (QED) is 0.0565. The van der Waals surface area contributed by atoms with E-state index in [1.54, 1.807) is 0 Å². The van der Waals surface area contributed by atoms with Crippen molar-refractivity contribution < 1.29 is 29.7 Å². The fraction of sp³-hybridized carbons (Fsp3) is 0.895. The second kappa shape index (κ2) is 48.1. The third-order valence-electron chi connectivity index (χ3n) is 7.97. The Hall–Kier alpha value is -0.330. The molecule has 0 spiro atoms. The summed E-state index contributed by atoms with van der Waals surface area (Å²) in [6.07, 6.45) is 39.7. The zero-order chi connectivity index (χ0) is 33.4. The third-order valence-corrected chi connectivity index (χ3v) is 7.97. The SMILES string of the molecule is CCCCCCCCCCCCCCCCCC(=O)[O-].CCCCCCCCCCCCCCCCCC(=O)[O-].[CH2]C(=O)O.[Ca+2]. The fourth-order valence-corrected chi connectivity index (χ4v) is 5.28. The maximum atomic E-state index is 10.2. The van der Waals surface area contributed by atoms with Gasteiger partial charge in [-0.1, -0.05) is 194 Å². The van der Waals surface area contributed by atoms with Crippen molar-refractivity contribution in [3.63, 3.8) is 0 Å². The molecular weight excluding hydrogens is 592 g/mol. The van der Waals surface area contributed by atoms with Crippen LogP contribution < -0.4 is 10.2 Å². The van der Waals surface area contributed by atoms with Crippen molar-refractivity contribution in [2.24, 2.45) is 0 Å². The van der Waals surface area contributed by atoms with Crippen LogP contribution in [-0.2, 0) is 14.4 Å². The summed E-state index contributed by atoms with van der Waals surface area (Å²) in [5.74, 6) is -2.89. The minimum atomic E-state index is -1.08. The second-order valence-corrected chi connectivity index (χ2v) is 12.5. The smallest absolute Gasteiger partial charge is 0.550 e. The average molecular weight is 666 g/mol. The number of hydrogen-bond acceptors (Lipinski definition) is 5. The number of carboxylic acids is 3. The first-order valence-electron chi connectivity index (χ1n) is 18.7. The van der Waals surface area contributed by atoms with Crippen LogP contribution in [-0.4, -0.2) is 60.8 Å². The van der Waals surface area contributed by atoms with Gasteiger partial charge in [0.15, 0.2) is 0 Å². The van der Waals surface area contributed by atoms with E-state index in [0.29, 0.717) is 0 Å². The zero-order valence-corrected chi connectivity index (χ0v) is 32.2. The Labute approximate surface area is 309 Å².